The number of carbonyl (C=O) groups excluding carboxylic acids is 1. The number of phenolic OH excluding ortho intramolecular Hbond substituents is 1. The first-order valence-electron chi connectivity index (χ1n) is 10.8. The first-order chi connectivity index (χ1) is 14.7. The molecule has 1 saturated heterocycles. The van der Waals surface area contributed by atoms with Crippen LogP contribution in [-0.4, -0.2) is 56.9 Å². The lowest BCUT2D eigenvalue weighted by molar-refractivity contribution is -0.138. The molecule has 6 nitrogen and oxygen atoms in total. The number of benzene rings is 1. The van der Waals surface area contributed by atoms with Gasteiger partial charge >= 0.3 is 5.97 Å². The van der Waals surface area contributed by atoms with Gasteiger partial charge in [-0.1, -0.05) is 20.8 Å². The van der Waals surface area contributed by atoms with Crippen molar-refractivity contribution in [2.75, 3.05) is 24.7 Å². The molecule has 2 N–H and O–H groups in total. The zero-order valence-corrected chi connectivity index (χ0v) is 20.4. The molecule has 1 aromatic carbocycles. The van der Waals surface area contributed by atoms with E-state index in [1.807, 2.05) is 32.5 Å². The Morgan fingerprint density at radius 3 is 2.74 bits per heavy atom. The van der Waals surface area contributed by atoms with Gasteiger partial charge in [0.15, 0.2) is 5.78 Å². The molecule has 1 fully saturated rings. The molecule has 0 aliphatic carbocycles. The van der Waals surface area contributed by atoms with Gasteiger partial charge in [-0.3, -0.25) is 9.59 Å². The minimum Gasteiger partial charge on any atom is -0.507 e. The number of ketones is 1. The zero-order chi connectivity index (χ0) is 23.0. The Bertz CT molecular complexity index is 767. The number of ether oxygens (including phenoxy) is 2. The van der Waals surface area contributed by atoms with E-state index in [0.29, 0.717) is 41.8 Å². The maximum Gasteiger partial charge on any atom is 0.303 e. The molecule has 0 bridgehead atoms. The topological polar surface area (TPSA) is 93.1 Å². The highest BCUT2D eigenvalue weighted by Crippen LogP contribution is 2.44. The Balaban J connectivity index is 1.75. The first-order valence-corrected chi connectivity index (χ1v) is 12.8. The molecule has 31 heavy (non-hydrogen) atoms. The monoisotopic (exact) mass is 470 g/mol. The Hall–Kier alpha value is -1.38. The normalized spacial score (nSPS) is 20.9. The number of hydrogen-bond donors (Lipinski definition) is 2. The van der Waals surface area contributed by atoms with Crippen LogP contribution in [0.25, 0.3) is 0 Å². The minimum atomic E-state index is -0.778. The van der Waals surface area contributed by atoms with Crippen LogP contribution in [0, 0.1) is 0 Å². The third kappa shape index (κ3) is 7.32. The van der Waals surface area contributed by atoms with E-state index in [1.54, 1.807) is 23.9 Å². The van der Waals surface area contributed by atoms with Gasteiger partial charge < -0.3 is 19.7 Å². The van der Waals surface area contributed by atoms with Gasteiger partial charge in [-0.2, -0.15) is 11.8 Å². The van der Waals surface area contributed by atoms with Crippen LogP contribution in [0.3, 0.4) is 0 Å². The molecule has 0 amide bonds. The van der Waals surface area contributed by atoms with E-state index >= 15 is 0 Å². The fraction of sp³-hybridized carbons (Fsp3) is 0.652. The number of carbonyl (C=O) groups is 2. The van der Waals surface area contributed by atoms with Crippen LogP contribution in [0.5, 0.6) is 11.5 Å². The molecule has 2 unspecified atom stereocenters. The number of carboxylic acids is 1. The Morgan fingerprint density at radius 1 is 1.39 bits per heavy atom. The molecule has 0 spiro atoms. The number of phenols is 1. The fourth-order valence-corrected chi connectivity index (χ4v) is 6.28. The van der Waals surface area contributed by atoms with Crippen molar-refractivity contribution in [3.05, 3.63) is 23.3 Å². The summed E-state index contributed by atoms with van der Waals surface area (Å²) in [6.45, 7) is 8.64. The summed E-state index contributed by atoms with van der Waals surface area (Å²) in [6, 6.07) is 3.39. The smallest absolute Gasteiger partial charge is 0.303 e. The summed E-state index contributed by atoms with van der Waals surface area (Å²) in [5.41, 5.74) is 1.01. The van der Waals surface area contributed by atoms with Gasteiger partial charge in [0.25, 0.3) is 0 Å². The van der Waals surface area contributed by atoms with E-state index in [2.05, 4.69) is 0 Å². The number of aliphatic carboxylic acids is 1. The van der Waals surface area contributed by atoms with Crippen LogP contribution in [0.1, 0.15) is 75.2 Å². The van der Waals surface area contributed by atoms with Crippen LogP contribution in [0.4, 0.5) is 0 Å². The molecule has 1 aromatic rings. The van der Waals surface area contributed by atoms with Crippen molar-refractivity contribution in [2.45, 2.75) is 69.5 Å². The molecule has 0 aromatic heterocycles. The molecule has 1 aliphatic rings. The van der Waals surface area contributed by atoms with Gasteiger partial charge in [-0.15, -0.1) is 11.8 Å². The van der Waals surface area contributed by atoms with Gasteiger partial charge in [0.2, 0.25) is 0 Å². The van der Waals surface area contributed by atoms with E-state index in [1.165, 1.54) is 6.92 Å². The summed E-state index contributed by atoms with van der Waals surface area (Å²) in [5.74, 6) is 1.67. The van der Waals surface area contributed by atoms with E-state index in [9.17, 15) is 14.7 Å². The van der Waals surface area contributed by atoms with Crippen molar-refractivity contribution in [1.82, 2.24) is 0 Å². The van der Waals surface area contributed by atoms with E-state index in [-0.39, 0.29) is 28.8 Å². The molecular weight excluding hydrogens is 436 g/mol. The molecule has 0 saturated carbocycles. The number of Topliss-reactive ketones (excluding diaryl/α,β-unsaturated/α-hetero) is 1. The van der Waals surface area contributed by atoms with Crippen LogP contribution in [-0.2, 0) is 9.53 Å². The largest absolute Gasteiger partial charge is 0.507 e. The summed E-state index contributed by atoms with van der Waals surface area (Å²) in [5, 5.41) is 19.8. The van der Waals surface area contributed by atoms with Gasteiger partial charge in [-0.25, -0.2) is 0 Å². The highest BCUT2D eigenvalue weighted by molar-refractivity contribution is 8.04. The molecule has 0 radical (unpaired) electrons. The van der Waals surface area contributed by atoms with Crippen molar-refractivity contribution in [1.29, 1.82) is 0 Å². The predicted molar refractivity (Wildman–Crippen MR) is 127 cm³/mol. The third-order valence-electron chi connectivity index (χ3n) is 5.30. The highest BCUT2D eigenvalue weighted by Gasteiger charge is 2.39. The Labute approximate surface area is 193 Å². The number of thioether (sulfide) groups is 2. The van der Waals surface area contributed by atoms with Crippen LogP contribution in [0.15, 0.2) is 12.1 Å². The second-order valence-corrected chi connectivity index (χ2v) is 10.9. The average Bonchev–Trinajstić information content (AvgIpc) is 3.12. The number of carboxylic acid groups (broad SMARTS) is 1. The molecular formula is C23H34O6S2. The minimum absolute atomic E-state index is 0.0231. The summed E-state index contributed by atoms with van der Waals surface area (Å²) >= 11 is 3.63. The maximum atomic E-state index is 11.7. The van der Waals surface area contributed by atoms with Crippen molar-refractivity contribution < 1.29 is 29.3 Å². The van der Waals surface area contributed by atoms with Gasteiger partial charge in [0.1, 0.15) is 16.4 Å². The highest BCUT2D eigenvalue weighted by atomic mass is 32.2. The maximum absolute atomic E-state index is 11.7. The summed E-state index contributed by atoms with van der Waals surface area (Å²) in [4.78, 5) is 22.2. The van der Waals surface area contributed by atoms with Crippen molar-refractivity contribution in [3.63, 3.8) is 0 Å². The quantitative estimate of drug-likeness (QED) is 0.295. The van der Waals surface area contributed by atoms with Gasteiger partial charge in [0.05, 0.1) is 18.8 Å². The van der Waals surface area contributed by atoms with Gasteiger partial charge in [0, 0.05) is 23.0 Å². The average molecular weight is 471 g/mol. The molecule has 1 aliphatic heterocycles. The van der Waals surface area contributed by atoms with Crippen LogP contribution in [0.2, 0.25) is 0 Å². The first kappa shape index (κ1) is 25.9. The third-order valence-corrected chi connectivity index (χ3v) is 8.40. The molecule has 2 rings (SSSR count). The van der Waals surface area contributed by atoms with Gasteiger partial charge in [-0.05, 0) is 50.0 Å². The number of aromatic hydroxyl groups is 1. The Morgan fingerprint density at radius 2 is 2.13 bits per heavy atom. The Kier molecular flexibility index (Phi) is 10.0. The summed E-state index contributed by atoms with van der Waals surface area (Å²) in [7, 11) is 0. The molecule has 1 heterocycles. The fourth-order valence-electron chi connectivity index (χ4n) is 3.60. The van der Waals surface area contributed by atoms with E-state index in [0.717, 1.165) is 24.3 Å². The van der Waals surface area contributed by atoms with Crippen molar-refractivity contribution in [2.24, 2.45) is 0 Å². The lowest BCUT2D eigenvalue weighted by Crippen LogP contribution is -2.24. The molecule has 174 valence electrons. The summed E-state index contributed by atoms with van der Waals surface area (Å²) in [6.07, 6.45) is 2.37. The molecule has 2 atom stereocenters. The standard InChI is InChI=1S/C23H34O6S2/c1-5-23(10-9-20(25)26)29-13-17(31-23)14-30-12-6-11-28-19-8-7-18(16(4)24)22(27)21(19)15(2)3/h7-8,15,17,27H,5-6,9-14H2,1-4H3,(H,25,26). The van der Waals surface area contributed by atoms with Crippen LogP contribution >= 0.6 is 23.5 Å². The number of hydrogen-bond acceptors (Lipinski definition) is 7. The second kappa shape index (κ2) is 12.0. The van der Waals surface area contributed by atoms with Crippen molar-refractivity contribution >= 4 is 35.3 Å². The van der Waals surface area contributed by atoms with Crippen LogP contribution < -0.4 is 4.74 Å². The molecule has 8 heteroatoms. The summed E-state index contributed by atoms with van der Waals surface area (Å²) < 4.78 is 11.9. The van der Waals surface area contributed by atoms with Crippen molar-refractivity contribution in [3.8, 4) is 11.5 Å². The second-order valence-electron chi connectivity index (χ2n) is 8.07. The zero-order valence-electron chi connectivity index (χ0n) is 18.8. The lowest BCUT2D eigenvalue weighted by Gasteiger charge is -2.25. The SMILES string of the molecule is CCC1(CCC(=O)O)OCC(CSCCCOc2ccc(C(C)=O)c(O)c2C(C)C)S1. The van der Waals surface area contributed by atoms with E-state index in [4.69, 9.17) is 14.6 Å². The van der Waals surface area contributed by atoms with E-state index < -0.39 is 5.97 Å². The number of rotatable bonds is 13. The lowest BCUT2D eigenvalue weighted by atomic mass is 9.96. The predicted octanol–water partition coefficient (Wildman–Crippen LogP) is 5.32.